The van der Waals surface area contributed by atoms with E-state index in [2.05, 4.69) is 5.16 Å². The highest BCUT2D eigenvalue weighted by atomic mass is 16.5. The molecule has 1 saturated heterocycles. The lowest BCUT2D eigenvalue weighted by molar-refractivity contribution is 0.0773. The summed E-state index contributed by atoms with van der Waals surface area (Å²) in [6.07, 6.45) is 3.28. The molecule has 3 atom stereocenters. The second-order valence-electron chi connectivity index (χ2n) is 5.63. The second-order valence-corrected chi connectivity index (χ2v) is 5.63. The molecule has 18 heavy (non-hydrogen) atoms. The second kappa shape index (κ2) is 4.39. The van der Waals surface area contributed by atoms with Gasteiger partial charge in [0.2, 0.25) is 0 Å². The maximum absolute atomic E-state index is 12.3. The summed E-state index contributed by atoms with van der Waals surface area (Å²) in [5.74, 6) is 1.87. The van der Waals surface area contributed by atoms with Gasteiger partial charge in [-0.3, -0.25) is 4.79 Å². The molecule has 3 rings (SSSR count). The van der Waals surface area contributed by atoms with E-state index in [0.717, 1.165) is 32.4 Å². The van der Waals surface area contributed by atoms with E-state index in [4.69, 9.17) is 10.3 Å². The lowest BCUT2D eigenvalue weighted by atomic mass is 9.79. The Labute approximate surface area is 106 Å². The fourth-order valence-corrected chi connectivity index (χ4v) is 3.26. The van der Waals surface area contributed by atoms with E-state index >= 15 is 0 Å². The highest BCUT2D eigenvalue weighted by Gasteiger charge is 2.39. The van der Waals surface area contributed by atoms with Crippen molar-refractivity contribution in [2.24, 2.45) is 17.6 Å². The predicted octanol–water partition coefficient (Wildman–Crippen LogP) is 1.18. The number of aromatic nitrogens is 1. The van der Waals surface area contributed by atoms with Crippen molar-refractivity contribution in [1.29, 1.82) is 0 Å². The van der Waals surface area contributed by atoms with Crippen LogP contribution in [0.5, 0.6) is 0 Å². The van der Waals surface area contributed by atoms with Gasteiger partial charge in [-0.1, -0.05) is 5.16 Å². The smallest absolute Gasteiger partial charge is 0.276 e. The number of fused-ring (bicyclic) bond motifs is 1. The lowest BCUT2D eigenvalue weighted by Gasteiger charge is -2.27. The monoisotopic (exact) mass is 249 g/mol. The van der Waals surface area contributed by atoms with Crippen LogP contribution in [0.4, 0.5) is 0 Å². The number of nitrogens with zero attached hydrogens (tertiary/aromatic N) is 2. The summed E-state index contributed by atoms with van der Waals surface area (Å²) < 4.78 is 4.96. The Kier molecular flexibility index (Phi) is 2.86. The molecule has 2 aliphatic rings. The van der Waals surface area contributed by atoms with Crippen LogP contribution in [-0.2, 0) is 0 Å². The molecule has 1 amide bonds. The topological polar surface area (TPSA) is 72.4 Å². The van der Waals surface area contributed by atoms with Gasteiger partial charge in [-0.05, 0) is 38.0 Å². The average molecular weight is 249 g/mol. The van der Waals surface area contributed by atoms with E-state index < -0.39 is 0 Å². The fourth-order valence-electron chi connectivity index (χ4n) is 3.26. The SMILES string of the molecule is Cc1cc(C(=O)N2C[C@H]3CCC(N)C[C@H]3C2)no1. The third-order valence-electron chi connectivity index (χ3n) is 4.22. The number of rotatable bonds is 1. The molecule has 1 saturated carbocycles. The third kappa shape index (κ3) is 2.03. The quantitative estimate of drug-likeness (QED) is 0.811. The van der Waals surface area contributed by atoms with Gasteiger partial charge in [0.15, 0.2) is 5.69 Å². The number of carbonyl (C=O) groups excluding carboxylic acids is 1. The van der Waals surface area contributed by atoms with Gasteiger partial charge in [-0.2, -0.15) is 0 Å². The number of likely N-dealkylation sites (tertiary alicyclic amines) is 1. The van der Waals surface area contributed by atoms with Crippen LogP contribution in [0, 0.1) is 18.8 Å². The lowest BCUT2D eigenvalue weighted by Crippen LogP contribution is -2.32. The third-order valence-corrected chi connectivity index (χ3v) is 4.22. The number of amides is 1. The van der Waals surface area contributed by atoms with Crippen LogP contribution in [0.15, 0.2) is 10.6 Å². The molecule has 0 spiro atoms. The van der Waals surface area contributed by atoms with Crippen molar-refractivity contribution in [3.8, 4) is 0 Å². The summed E-state index contributed by atoms with van der Waals surface area (Å²) in [4.78, 5) is 14.2. The maximum Gasteiger partial charge on any atom is 0.276 e. The summed E-state index contributed by atoms with van der Waals surface area (Å²) in [5.41, 5.74) is 6.42. The zero-order valence-corrected chi connectivity index (χ0v) is 10.6. The Morgan fingerprint density at radius 3 is 2.94 bits per heavy atom. The Morgan fingerprint density at radius 2 is 2.22 bits per heavy atom. The van der Waals surface area contributed by atoms with Crippen molar-refractivity contribution in [2.45, 2.75) is 32.2 Å². The minimum absolute atomic E-state index is 0.00479. The number of hydrogen-bond donors (Lipinski definition) is 1. The molecule has 98 valence electrons. The van der Waals surface area contributed by atoms with Gasteiger partial charge in [0.05, 0.1) is 0 Å². The molecular formula is C13H19N3O2. The van der Waals surface area contributed by atoms with Gasteiger partial charge in [0, 0.05) is 25.2 Å². The number of carbonyl (C=O) groups is 1. The maximum atomic E-state index is 12.3. The highest BCUT2D eigenvalue weighted by Crippen LogP contribution is 2.36. The molecule has 2 heterocycles. The standard InChI is InChI=1S/C13H19N3O2/c1-8-4-12(15-18-8)13(17)16-6-9-2-3-11(14)5-10(9)7-16/h4,9-11H,2-3,5-7,14H2,1H3/t9-,10+,11?/m1/s1. The van der Waals surface area contributed by atoms with Gasteiger partial charge in [-0.25, -0.2) is 0 Å². The zero-order valence-electron chi connectivity index (χ0n) is 10.6. The molecule has 2 fully saturated rings. The van der Waals surface area contributed by atoms with E-state index in [1.165, 1.54) is 0 Å². The number of aryl methyl sites for hydroxylation is 1. The Balaban J connectivity index is 1.70. The van der Waals surface area contributed by atoms with Crippen molar-refractivity contribution in [3.63, 3.8) is 0 Å². The van der Waals surface area contributed by atoms with E-state index in [1.807, 2.05) is 4.90 Å². The van der Waals surface area contributed by atoms with E-state index in [9.17, 15) is 4.79 Å². The van der Waals surface area contributed by atoms with Crippen molar-refractivity contribution < 1.29 is 9.32 Å². The summed E-state index contributed by atoms with van der Waals surface area (Å²) in [7, 11) is 0. The minimum atomic E-state index is -0.00479. The summed E-state index contributed by atoms with van der Waals surface area (Å²) in [5, 5.41) is 3.80. The molecule has 5 nitrogen and oxygen atoms in total. The molecule has 0 bridgehead atoms. The summed E-state index contributed by atoms with van der Waals surface area (Å²) in [6, 6.07) is 2.02. The van der Waals surface area contributed by atoms with Crippen molar-refractivity contribution in [2.75, 3.05) is 13.1 Å². The molecule has 1 unspecified atom stereocenters. The predicted molar refractivity (Wildman–Crippen MR) is 65.9 cm³/mol. The van der Waals surface area contributed by atoms with Crippen LogP contribution in [-0.4, -0.2) is 35.1 Å². The Morgan fingerprint density at radius 1 is 1.44 bits per heavy atom. The first kappa shape index (κ1) is 11.7. The molecule has 0 aromatic carbocycles. The molecule has 2 N–H and O–H groups in total. The number of hydrogen-bond acceptors (Lipinski definition) is 4. The van der Waals surface area contributed by atoms with Gasteiger partial charge in [0.25, 0.3) is 5.91 Å². The van der Waals surface area contributed by atoms with Crippen molar-refractivity contribution >= 4 is 5.91 Å². The summed E-state index contributed by atoms with van der Waals surface area (Å²) in [6.45, 7) is 3.47. The first-order valence-electron chi connectivity index (χ1n) is 6.61. The molecule has 1 aliphatic carbocycles. The first-order valence-corrected chi connectivity index (χ1v) is 6.61. The van der Waals surface area contributed by atoms with Crippen LogP contribution in [0.2, 0.25) is 0 Å². The van der Waals surface area contributed by atoms with Crippen LogP contribution in [0.3, 0.4) is 0 Å². The highest BCUT2D eigenvalue weighted by molar-refractivity contribution is 5.92. The molecular weight excluding hydrogens is 230 g/mol. The normalized spacial score (nSPS) is 31.4. The van der Waals surface area contributed by atoms with Gasteiger partial charge < -0.3 is 15.2 Å². The molecule has 1 aromatic rings. The largest absolute Gasteiger partial charge is 0.361 e. The molecule has 1 aromatic heterocycles. The van der Waals surface area contributed by atoms with Crippen LogP contribution in [0.25, 0.3) is 0 Å². The Hall–Kier alpha value is -1.36. The number of nitrogens with two attached hydrogens (primary N) is 1. The fraction of sp³-hybridized carbons (Fsp3) is 0.692. The van der Waals surface area contributed by atoms with Gasteiger partial charge >= 0.3 is 0 Å². The molecule has 5 heteroatoms. The van der Waals surface area contributed by atoms with Crippen LogP contribution < -0.4 is 5.73 Å². The average Bonchev–Trinajstić information content (AvgIpc) is 2.93. The van der Waals surface area contributed by atoms with E-state index in [1.54, 1.807) is 13.0 Å². The van der Waals surface area contributed by atoms with Crippen LogP contribution >= 0.6 is 0 Å². The minimum Gasteiger partial charge on any atom is -0.361 e. The first-order chi connectivity index (χ1) is 8.63. The van der Waals surface area contributed by atoms with Crippen LogP contribution in [0.1, 0.15) is 35.5 Å². The van der Waals surface area contributed by atoms with Crippen molar-refractivity contribution in [1.82, 2.24) is 10.1 Å². The van der Waals surface area contributed by atoms with Crippen molar-refractivity contribution in [3.05, 3.63) is 17.5 Å². The van der Waals surface area contributed by atoms with E-state index in [0.29, 0.717) is 29.3 Å². The van der Waals surface area contributed by atoms with Gasteiger partial charge in [0.1, 0.15) is 5.76 Å². The Bertz CT molecular complexity index is 457. The van der Waals surface area contributed by atoms with Gasteiger partial charge in [-0.15, -0.1) is 0 Å². The molecule has 0 radical (unpaired) electrons. The van der Waals surface area contributed by atoms with E-state index in [-0.39, 0.29) is 5.91 Å². The summed E-state index contributed by atoms with van der Waals surface area (Å²) >= 11 is 0. The zero-order chi connectivity index (χ0) is 12.7. The molecule has 1 aliphatic heterocycles.